The average molecular weight is 257 g/mol. The van der Waals surface area contributed by atoms with Crippen LogP contribution in [0.2, 0.25) is 0 Å². The Kier molecular flexibility index (Phi) is 3.70. The van der Waals surface area contributed by atoms with Crippen LogP contribution < -0.4 is 10.5 Å². The average Bonchev–Trinajstić information content (AvgIpc) is 2.41. The molecule has 0 saturated carbocycles. The summed E-state index contributed by atoms with van der Waals surface area (Å²) in [6.45, 7) is 0. The van der Waals surface area contributed by atoms with Crippen LogP contribution in [-0.2, 0) is 0 Å². The lowest BCUT2D eigenvalue weighted by molar-refractivity contribution is 0.452. The van der Waals surface area contributed by atoms with E-state index in [2.05, 4.69) is 4.98 Å². The molecule has 4 nitrogen and oxygen atoms in total. The number of pyridine rings is 1. The van der Waals surface area contributed by atoms with Crippen molar-refractivity contribution in [1.82, 2.24) is 4.98 Å². The van der Waals surface area contributed by atoms with Crippen LogP contribution in [0.25, 0.3) is 0 Å². The van der Waals surface area contributed by atoms with Crippen LogP contribution in [0, 0.1) is 11.3 Å². The zero-order chi connectivity index (χ0) is 13.0. The Balaban J connectivity index is 2.32. The van der Waals surface area contributed by atoms with Crippen LogP contribution in [-0.4, -0.2) is 11.2 Å². The van der Waals surface area contributed by atoms with Crippen LogP contribution in [0.15, 0.2) is 41.3 Å². The van der Waals surface area contributed by atoms with Crippen LogP contribution >= 0.6 is 11.8 Å². The molecule has 0 bridgehead atoms. The zero-order valence-corrected chi connectivity index (χ0v) is 10.6. The van der Waals surface area contributed by atoms with Gasteiger partial charge in [0.05, 0.1) is 5.69 Å². The van der Waals surface area contributed by atoms with Crippen LogP contribution in [0.1, 0.15) is 5.69 Å². The Hall–Kier alpha value is -2.19. The second-order valence-corrected chi connectivity index (χ2v) is 4.30. The molecule has 0 amide bonds. The van der Waals surface area contributed by atoms with Gasteiger partial charge in [-0.3, -0.25) is 0 Å². The van der Waals surface area contributed by atoms with Gasteiger partial charge in [-0.05, 0) is 24.5 Å². The second-order valence-electron chi connectivity index (χ2n) is 3.45. The van der Waals surface area contributed by atoms with Crippen molar-refractivity contribution in [2.45, 2.75) is 4.90 Å². The largest absolute Gasteiger partial charge is 0.438 e. The number of nitrogen functional groups attached to an aromatic ring is 1. The van der Waals surface area contributed by atoms with Gasteiger partial charge >= 0.3 is 0 Å². The number of anilines is 1. The normalized spacial score (nSPS) is 9.78. The van der Waals surface area contributed by atoms with E-state index in [9.17, 15) is 0 Å². The maximum Gasteiger partial charge on any atom is 0.220 e. The van der Waals surface area contributed by atoms with Crippen molar-refractivity contribution in [3.8, 4) is 17.7 Å². The van der Waals surface area contributed by atoms with Crippen molar-refractivity contribution in [1.29, 1.82) is 5.26 Å². The standard InChI is InChI=1S/C13H11N3OS/c1-18-12-5-3-2-4-11(12)17-13-7-6-9(15)10(8-14)16-13/h2-7H,15H2,1H3. The topological polar surface area (TPSA) is 71.9 Å². The molecule has 2 aromatic rings. The number of thioether (sulfide) groups is 1. The molecule has 0 fully saturated rings. The van der Waals surface area contributed by atoms with E-state index < -0.39 is 0 Å². The lowest BCUT2D eigenvalue weighted by Gasteiger charge is -2.08. The minimum Gasteiger partial charge on any atom is -0.438 e. The van der Waals surface area contributed by atoms with Crippen molar-refractivity contribution in [2.24, 2.45) is 0 Å². The highest BCUT2D eigenvalue weighted by Crippen LogP contribution is 2.30. The van der Waals surface area contributed by atoms with Crippen LogP contribution in [0.4, 0.5) is 5.69 Å². The molecule has 0 spiro atoms. The van der Waals surface area contributed by atoms with Gasteiger partial charge < -0.3 is 10.5 Å². The summed E-state index contributed by atoms with van der Waals surface area (Å²) >= 11 is 1.59. The summed E-state index contributed by atoms with van der Waals surface area (Å²) in [5.74, 6) is 1.08. The minimum absolute atomic E-state index is 0.175. The number of rotatable bonds is 3. The molecule has 90 valence electrons. The van der Waals surface area contributed by atoms with Crippen molar-refractivity contribution >= 4 is 17.4 Å². The van der Waals surface area contributed by atoms with Crippen LogP contribution in [0.3, 0.4) is 0 Å². The van der Waals surface area contributed by atoms with Gasteiger partial charge in [0.25, 0.3) is 0 Å². The van der Waals surface area contributed by atoms with E-state index in [1.807, 2.05) is 36.6 Å². The highest BCUT2D eigenvalue weighted by Gasteiger charge is 2.06. The smallest absolute Gasteiger partial charge is 0.220 e. The Morgan fingerprint density at radius 1 is 1.28 bits per heavy atom. The fraction of sp³-hybridized carbons (Fsp3) is 0.0769. The number of benzene rings is 1. The first-order chi connectivity index (χ1) is 8.74. The number of hydrogen-bond acceptors (Lipinski definition) is 5. The third kappa shape index (κ3) is 2.55. The van der Waals surface area contributed by atoms with E-state index >= 15 is 0 Å². The molecule has 0 aliphatic carbocycles. The number of nitriles is 1. The third-order valence-electron chi connectivity index (χ3n) is 2.29. The van der Waals surface area contributed by atoms with Crippen LogP contribution in [0.5, 0.6) is 11.6 Å². The molecule has 0 radical (unpaired) electrons. The Morgan fingerprint density at radius 3 is 2.78 bits per heavy atom. The lowest BCUT2D eigenvalue weighted by Crippen LogP contribution is -1.96. The number of nitrogens with zero attached hydrogens (tertiary/aromatic N) is 2. The summed E-state index contributed by atoms with van der Waals surface area (Å²) in [6.07, 6.45) is 1.97. The monoisotopic (exact) mass is 257 g/mol. The molecule has 0 aliphatic rings. The third-order valence-corrected chi connectivity index (χ3v) is 3.07. The molecule has 0 atom stereocenters. The lowest BCUT2D eigenvalue weighted by atomic mass is 10.3. The van der Waals surface area contributed by atoms with Gasteiger partial charge in [-0.25, -0.2) is 4.98 Å². The second kappa shape index (κ2) is 5.43. The first-order valence-electron chi connectivity index (χ1n) is 5.22. The summed E-state index contributed by atoms with van der Waals surface area (Å²) < 4.78 is 5.66. The van der Waals surface area contributed by atoms with Gasteiger partial charge in [-0.15, -0.1) is 11.8 Å². The first kappa shape index (κ1) is 12.3. The van der Waals surface area contributed by atoms with E-state index in [4.69, 9.17) is 15.7 Å². The molecule has 5 heteroatoms. The molecular weight excluding hydrogens is 246 g/mol. The molecule has 2 rings (SSSR count). The molecule has 2 N–H and O–H groups in total. The Morgan fingerprint density at radius 2 is 2.06 bits per heavy atom. The molecule has 0 unspecified atom stereocenters. The SMILES string of the molecule is CSc1ccccc1Oc1ccc(N)c(C#N)n1. The quantitative estimate of drug-likeness (QED) is 0.855. The maximum absolute atomic E-state index is 8.86. The number of aromatic nitrogens is 1. The molecule has 1 aromatic carbocycles. The number of ether oxygens (including phenoxy) is 1. The number of hydrogen-bond donors (Lipinski definition) is 1. The van der Waals surface area contributed by atoms with Crippen molar-refractivity contribution < 1.29 is 4.74 Å². The summed E-state index contributed by atoms with van der Waals surface area (Å²) in [4.78, 5) is 5.05. The molecule has 1 aromatic heterocycles. The van der Waals surface area contributed by atoms with Gasteiger partial charge in [0.2, 0.25) is 5.88 Å². The summed E-state index contributed by atoms with van der Waals surface area (Å²) in [7, 11) is 0. The molecular formula is C13H11N3OS. The van der Waals surface area contributed by atoms with Gasteiger partial charge in [0.15, 0.2) is 5.69 Å². The molecule has 1 heterocycles. The summed E-state index contributed by atoms with van der Waals surface area (Å²) in [6, 6.07) is 12.8. The Bertz CT molecular complexity index is 607. The van der Waals surface area contributed by atoms with E-state index in [0.717, 1.165) is 4.90 Å². The van der Waals surface area contributed by atoms with Gasteiger partial charge in [-0.2, -0.15) is 5.26 Å². The first-order valence-corrected chi connectivity index (χ1v) is 6.44. The molecule has 0 aliphatic heterocycles. The minimum atomic E-state index is 0.175. The van der Waals surface area contributed by atoms with Gasteiger partial charge in [0.1, 0.15) is 11.8 Å². The van der Waals surface area contributed by atoms with Crippen molar-refractivity contribution in [3.05, 3.63) is 42.1 Å². The number of para-hydroxylation sites is 1. The Labute approximate surface area is 109 Å². The van der Waals surface area contributed by atoms with Crippen molar-refractivity contribution in [2.75, 3.05) is 12.0 Å². The summed E-state index contributed by atoms with van der Waals surface area (Å²) in [5, 5.41) is 8.86. The van der Waals surface area contributed by atoms with Gasteiger partial charge in [-0.1, -0.05) is 12.1 Å². The zero-order valence-electron chi connectivity index (χ0n) is 9.75. The van der Waals surface area contributed by atoms with Crippen molar-refractivity contribution in [3.63, 3.8) is 0 Å². The maximum atomic E-state index is 8.86. The van der Waals surface area contributed by atoms with E-state index in [-0.39, 0.29) is 5.69 Å². The highest BCUT2D eigenvalue weighted by atomic mass is 32.2. The fourth-order valence-corrected chi connectivity index (χ4v) is 1.94. The summed E-state index contributed by atoms with van der Waals surface area (Å²) in [5.41, 5.74) is 6.13. The predicted molar refractivity (Wildman–Crippen MR) is 71.7 cm³/mol. The van der Waals surface area contributed by atoms with E-state index in [0.29, 0.717) is 17.3 Å². The van der Waals surface area contributed by atoms with E-state index in [1.165, 1.54) is 0 Å². The molecule has 18 heavy (non-hydrogen) atoms. The predicted octanol–water partition coefficient (Wildman–Crippen LogP) is 3.05. The fourth-order valence-electron chi connectivity index (χ4n) is 1.41. The number of nitrogens with two attached hydrogens (primary N) is 1. The van der Waals surface area contributed by atoms with E-state index in [1.54, 1.807) is 23.9 Å². The molecule has 0 saturated heterocycles. The highest BCUT2D eigenvalue weighted by molar-refractivity contribution is 7.98. The van der Waals surface area contributed by atoms with Gasteiger partial charge in [0, 0.05) is 11.0 Å².